The zero-order chi connectivity index (χ0) is 31.5. The van der Waals surface area contributed by atoms with E-state index in [0.29, 0.717) is 45.7 Å². The van der Waals surface area contributed by atoms with Crippen LogP contribution in [0.4, 0.5) is 0 Å². The van der Waals surface area contributed by atoms with Crippen LogP contribution in [0.25, 0.3) is 21.9 Å². The average Bonchev–Trinajstić information content (AvgIpc) is 3.45. The molecule has 0 saturated heterocycles. The van der Waals surface area contributed by atoms with Crippen molar-refractivity contribution >= 4 is 33.8 Å². The van der Waals surface area contributed by atoms with Crippen molar-refractivity contribution < 1.29 is 24.5 Å². The Hall–Kier alpha value is -3.90. The monoisotopic (exact) mass is 604 g/mol. The first-order valence-electron chi connectivity index (χ1n) is 15.2. The van der Waals surface area contributed by atoms with Crippen LogP contribution in [0, 0.1) is 0 Å². The van der Waals surface area contributed by atoms with Crippen LogP contribution in [-0.4, -0.2) is 99.5 Å². The number of nitrogens with zero attached hydrogens (tertiary/aromatic N) is 5. The van der Waals surface area contributed by atoms with Crippen molar-refractivity contribution in [3.8, 4) is 0 Å². The van der Waals surface area contributed by atoms with Crippen LogP contribution < -0.4 is 5.73 Å². The Kier molecular flexibility index (Phi) is 12.2. The lowest BCUT2D eigenvalue weighted by molar-refractivity contribution is -0.139. The van der Waals surface area contributed by atoms with E-state index in [2.05, 4.69) is 17.6 Å². The third-order valence-corrected chi connectivity index (χ3v) is 7.86. The van der Waals surface area contributed by atoms with E-state index in [-0.39, 0.29) is 44.0 Å². The second kappa shape index (κ2) is 16.2. The van der Waals surface area contributed by atoms with Gasteiger partial charge in [-0.2, -0.15) is 0 Å². The van der Waals surface area contributed by atoms with Gasteiger partial charge in [0, 0.05) is 44.0 Å². The van der Waals surface area contributed by atoms with Crippen molar-refractivity contribution in [2.45, 2.75) is 45.2 Å². The van der Waals surface area contributed by atoms with Crippen molar-refractivity contribution in [1.29, 1.82) is 0 Å². The van der Waals surface area contributed by atoms with Crippen LogP contribution in [0.5, 0.6) is 0 Å². The van der Waals surface area contributed by atoms with E-state index in [0.717, 1.165) is 45.2 Å². The van der Waals surface area contributed by atoms with E-state index in [1.165, 1.54) is 7.11 Å². The minimum Gasteiger partial charge on any atom is -0.469 e. The standard InChI is InChI=1S/C33H44N6O5/c1-24(11-12-34)31-32-33(27-9-3-4-10-28(27)36-31)39(23-35-32)14-6-13-38(29(42)22-37(15-17-40)16-18-41)21-26-8-5-7-25(19-26)20-30(43)44-2/h3-5,7-10,19,23-24,40-41H,6,11-18,20-22,34H2,1-2H3. The van der Waals surface area contributed by atoms with Crippen molar-refractivity contribution in [1.82, 2.24) is 24.3 Å². The highest BCUT2D eigenvalue weighted by Crippen LogP contribution is 2.31. The highest BCUT2D eigenvalue weighted by molar-refractivity contribution is 6.03. The van der Waals surface area contributed by atoms with Gasteiger partial charge in [-0.1, -0.05) is 49.4 Å². The third kappa shape index (κ3) is 8.38. The highest BCUT2D eigenvalue weighted by Gasteiger charge is 2.20. The summed E-state index contributed by atoms with van der Waals surface area (Å²) in [5, 5.41) is 20.0. The average molecular weight is 605 g/mol. The molecule has 0 aliphatic heterocycles. The number of aryl methyl sites for hydroxylation is 1. The number of aromatic nitrogens is 3. The van der Waals surface area contributed by atoms with Crippen molar-refractivity contribution in [2.24, 2.45) is 5.73 Å². The summed E-state index contributed by atoms with van der Waals surface area (Å²) in [5.41, 5.74) is 11.3. The molecule has 0 aliphatic rings. The van der Waals surface area contributed by atoms with Gasteiger partial charge in [-0.05, 0) is 36.6 Å². The number of aliphatic hydroxyl groups is 2. The van der Waals surface area contributed by atoms with E-state index in [4.69, 9.17) is 20.4 Å². The van der Waals surface area contributed by atoms with Gasteiger partial charge >= 0.3 is 5.97 Å². The van der Waals surface area contributed by atoms with E-state index in [9.17, 15) is 19.8 Å². The maximum absolute atomic E-state index is 13.6. The smallest absolute Gasteiger partial charge is 0.309 e. The number of hydrogen-bond donors (Lipinski definition) is 3. The number of aliphatic hydroxyl groups excluding tert-OH is 2. The van der Waals surface area contributed by atoms with Crippen molar-refractivity contribution in [2.75, 3.05) is 53.0 Å². The zero-order valence-corrected chi connectivity index (χ0v) is 25.7. The van der Waals surface area contributed by atoms with Crippen molar-refractivity contribution in [3.05, 3.63) is 71.7 Å². The number of hydrogen-bond acceptors (Lipinski definition) is 9. The first-order chi connectivity index (χ1) is 21.4. The van der Waals surface area contributed by atoms with Gasteiger partial charge in [0.1, 0.15) is 5.52 Å². The van der Waals surface area contributed by atoms with Crippen LogP contribution in [0.3, 0.4) is 0 Å². The van der Waals surface area contributed by atoms with E-state index < -0.39 is 0 Å². The lowest BCUT2D eigenvalue weighted by atomic mass is 10.0. The summed E-state index contributed by atoms with van der Waals surface area (Å²) in [6.07, 6.45) is 3.49. The molecule has 4 rings (SSSR count). The number of nitrogens with two attached hydrogens (primary N) is 1. The Morgan fingerprint density at radius 2 is 1.80 bits per heavy atom. The molecule has 0 fully saturated rings. The molecule has 44 heavy (non-hydrogen) atoms. The zero-order valence-electron chi connectivity index (χ0n) is 25.7. The number of esters is 1. The first kappa shape index (κ1) is 33.0. The molecule has 4 aromatic rings. The number of benzene rings is 2. The first-order valence-corrected chi connectivity index (χ1v) is 15.2. The van der Waals surface area contributed by atoms with Crippen LogP contribution in [0.15, 0.2) is 54.9 Å². The topological polar surface area (TPSA) is 147 Å². The number of ether oxygens (including phenoxy) is 1. The van der Waals surface area contributed by atoms with Gasteiger partial charge < -0.3 is 30.2 Å². The number of imidazole rings is 1. The number of amides is 1. The fraction of sp³-hybridized carbons (Fsp3) is 0.455. The number of fused-ring (bicyclic) bond motifs is 3. The van der Waals surface area contributed by atoms with Crippen LogP contribution >= 0.6 is 0 Å². The number of para-hydroxylation sites is 1. The summed E-state index contributed by atoms with van der Waals surface area (Å²) in [6, 6.07) is 15.7. The van der Waals surface area contributed by atoms with Crippen LogP contribution in [-0.2, 0) is 33.8 Å². The summed E-state index contributed by atoms with van der Waals surface area (Å²) < 4.78 is 6.95. The minimum atomic E-state index is -0.324. The van der Waals surface area contributed by atoms with Gasteiger partial charge in [-0.25, -0.2) is 4.98 Å². The predicted molar refractivity (Wildman–Crippen MR) is 170 cm³/mol. The van der Waals surface area contributed by atoms with Gasteiger partial charge in [0.15, 0.2) is 0 Å². The molecule has 0 spiro atoms. The fourth-order valence-corrected chi connectivity index (χ4v) is 5.57. The molecule has 2 aromatic heterocycles. The van der Waals surface area contributed by atoms with E-state index >= 15 is 0 Å². The van der Waals surface area contributed by atoms with E-state index in [1.54, 1.807) is 9.80 Å². The molecule has 2 aromatic carbocycles. The highest BCUT2D eigenvalue weighted by atomic mass is 16.5. The molecule has 0 radical (unpaired) electrons. The van der Waals surface area contributed by atoms with Gasteiger partial charge in [-0.3, -0.25) is 19.5 Å². The second-order valence-corrected chi connectivity index (χ2v) is 11.1. The molecule has 1 amide bonds. The Morgan fingerprint density at radius 1 is 1.05 bits per heavy atom. The molecule has 0 saturated carbocycles. The number of carbonyl (C=O) groups excluding carboxylic acids is 2. The van der Waals surface area contributed by atoms with Gasteiger partial charge in [0.25, 0.3) is 0 Å². The molecule has 11 heteroatoms. The predicted octanol–water partition coefficient (Wildman–Crippen LogP) is 2.46. The number of methoxy groups -OCH3 is 1. The third-order valence-electron chi connectivity index (χ3n) is 7.86. The normalized spacial score (nSPS) is 12.2. The lowest BCUT2D eigenvalue weighted by Crippen LogP contribution is -2.42. The number of pyridine rings is 1. The quantitative estimate of drug-likeness (QED) is 0.155. The Bertz CT molecular complexity index is 1530. The summed E-state index contributed by atoms with van der Waals surface area (Å²) >= 11 is 0. The molecule has 0 aliphatic carbocycles. The Labute approximate surface area is 258 Å². The molecular formula is C33H44N6O5. The van der Waals surface area contributed by atoms with Gasteiger partial charge in [0.2, 0.25) is 5.91 Å². The van der Waals surface area contributed by atoms with Gasteiger partial charge in [0.05, 0.1) is 56.3 Å². The molecule has 2 heterocycles. The molecule has 0 bridgehead atoms. The minimum absolute atomic E-state index is 0.0790. The number of carbonyl (C=O) groups is 2. The summed E-state index contributed by atoms with van der Waals surface area (Å²) in [6.45, 7) is 4.63. The van der Waals surface area contributed by atoms with Gasteiger partial charge in [-0.15, -0.1) is 0 Å². The molecule has 236 valence electrons. The molecule has 1 unspecified atom stereocenters. The van der Waals surface area contributed by atoms with Crippen LogP contribution in [0.1, 0.15) is 42.5 Å². The number of rotatable bonds is 17. The van der Waals surface area contributed by atoms with Crippen molar-refractivity contribution in [3.63, 3.8) is 0 Å². The molecule has 1 atom stereocenters. The van der Waals surface area contributed by atoms with E-state index in [1.807, 2.05) is 48.8 Å². The summed E-state index contributed by atoms with van der Waals surface area (Å²) in [7, 11) is 1.36. The Morgan fingerprint density at radius 3 is 2.52 bits per heavy atom. The summed E-state index contributed by atoms with van der Waals surface area (Å²) in [4.78, 5) is 38.7. The maximum Gasteiger partial charge on any atom is 0.309 e. The largest absolute Gasteiger partial charge is 0.469 e. The lowest BCUT2D eigenvalue weighted by Gasteiger charge is -2.27. The second-order valence-electron chi connectivity index (χ2n) is 11.1. The SMILES string of the molecule is COC(=O)Cc1cccc(CN(CCCn2cnc3c(C(C)CCN)nc4ccccc4c32)C(=O)CN(CCO)CCO)c1. The summed E-state index contributed by atoms with van der Waals surface area (Å²) in [5.74, 6) is -0.262. The molecular weight excluding hydrogens is 560 g/mol. The fourth-order valence-electron chi connectivity index (χ4n) is 5.57. The Balaban J connectivity index is 1.57. The maximum atomic E-state index is 13.6. The molecule has 4 N–H and O–H groups in total. The van der Waals surface area contributed by atoms with Crippen LogP contribution in [0.2, 0.25) is 0 Å². The molecule has 11 nitrogen and oxygen atoms in total.